The van der Waals surface area contributed by atoms with E-state index in [2.05, 4.69) is 12.1 Å². The summed E-state index contributed by atoms with van der Waals surface area (Å²) in [6.07, 6.45) is 5.08. The van der Waals surface area contributed by atoms with Crippen LogP contribution in [-0.4, -0.2) is 25.2 Å². The second-order valence-electron chi connectivity index (χ2n) is 5.80. The maximum atomic E-state index is 11.4. The molecule has 1 atom stereocenters. The molecule has 0 amide bonds. The van der Waals surface area contributed by atoms with Crippen LogP contribution in [0.1, 0.15) is 49.8 Å². The minimum Gasteiger partial charge on any atom is -0.493 e. The molecule has 0 heterocycles. The Morgan fingerprint density at radius 3 is 2.77 bits per heavy atom. The van der Waals surface area contributed by atoms with E-state index in [-0.39, 0.29) is 12.0 Å². The first-order chi connectivity index (χ1) is 10.7. The third kappa shape index (κ3) is 4.23. The van der Waals surface area contributed by atoms with Crippen LogP contribution >= 0.6 is 0 Å². The van der Waals surface area contributed by atoms with Gasteiger partial charge in [-0.05, 0) is 62.6 Å². The molecular formula is C18H27NO3. The Hall–Kier alpha value is -1.55. The average molecular weight is 305 g/mol. The molecule has 4 heteroatoms. The summed E-state index contributed by atoms with van der Waals surface area (Å²) in [5, 5.41) is 0. The van der Waals surface area contributed by atoms with Gasteiger partial charge in [-0.15, -0.1) is 0 Å². The SMILES string of the molecule is CCOC(=O)CCCCc1ccc2c(c1OCC)CC(N)C2. The number of aryl methyl sites for hydroxylation is 1. The second-order valence-corrected chi connectivity index (χ2v) is 5.80. The number of esters is 1. The zero-order chi connectivity index (χ0) is 15.9. The number of benzene rings is 1. The lowest BCUT2D eigenvalue weighted by Gasteiger charge is -2.15. The highest BCUT2D eigenvalue weighted by Crippen LogP contribution is 2.34. The number of fused-ring (bicyclic) bond motifs is 1. The zero-order valence-corrected chi connectivity index (χ0v) is 13.7. The molecule has 0 aliphatic heterocycles. The number of unbranched alkanes of at least 4 members (excludes halogenated alkanes) is 1. The molecule has 0 aromatic heterocycles. The van der Waals surface area contributed by atoms with Crippen molar-refractivity contribution < 1.29 is 14.3 Å². The molecule has 0 radical (unpaired) electrons. The van der Waals surface area contributed by atoms with Crippen LogP contribution in [0, 0.1) is 0 Å². The van der Waals surface area contributed by atoms with Gasteiger partial charge in [-0.1, -0.05) is 12.1 Å². The van der Waals surface area contributed by atoms with Crippen LogP contribution in [0.4, 0.5) is 0 Å². The molecule has 1 aromatic carbocycles. The summed E-state index contributed by atoms with van der Waals surface area (Å²) < 4.78 is 10.8. The predicted molar refractivity (Wildman–Crippen MR) is 87.2 cm³/mol. The third-order valence-electron chi connectivity index (χ3n) is 4.06. The second kappa shape index (κ2) is 8.18. The fourth-order valence-electron chi connectivity index (χ4n) is 3.09. The van der Waals surface area contributed by atoms with Crippen LogP contribution in [0.5, 0.6) is 5.75 Å². The van der Waals surface area contributed by atoms with E-state index < -0.39 is 0 Å². The van der Waals surface area contributed by atoms with Crippen molar-refractivity contribution in [2.24, 2.45) is 5.73 Å². The smallest absolute Gasteiger partial charge is 0.305 e. The van der Waals surface area contributed by atoms with Crippen LogP contribution in [-0.2, 0) is 28.8 Å². The van der Waals surface area contributed by atoms with Gasteiger partial charge < -0.3 is 15.2 Å². The fraction of sp³-hybridized carbons (Fsp3) is 0.611. The number of ether oxygens (including phenoxy) is 2. The van der Waals surface area contributed by atoms with E-state index in [1.165, 1.54) is 16.7 Å². The number of carbonyl (C=O) groups excluding carboxylic acids is 1. The van der Waals surface area contributed by atoms with E-state index in [0.717, 1.165) is 37.9 Å². The number of rotatable bonds is 8. The molecule has 2 N–H and O–H groups in total. The lowest BCUT2D eigenvalue weighted by molar-refractivity contribution is -0.143. The van der Waals surface area contributed by atoms with Crippen molar-refractivity contribution in [3.63, 3.8) is 0 Å². The summed E-state index contributed by atoms with van der Waals surface area (Å²) in [7, 11) is 0. The summed E-state index contributed by atoms with van der Waals surface area (Å²) in [6.45, 7) is 4.97. The van der Waals surface area contributed by atoms with Crippen molar-refractivity contribution in [1.82, 2.24) is 0 Å². The Labute approximate surface area is 133 Å². The molecule has 2 rings (SSSR count). The van der Waals surface area contributed by atoms with E-state index >= 15 is 0 Å². The first-order valence-electron chi connectivity index (χ1n) is 8.33. The maximum Gasteiger partial charge on any atom is 0.305 e. The summed E-state index contributed by atoms with van der Waals surface area (Å²) in [4.78, 5) is 11.4. The van der Waals surface area contributed by atoms with Crippen molar-refractivity contribution >= 4 is 5.97 Å². The molecule has 0 saturated carbocycles. The molecule has 4 nitrogen and oxygen atoms in total. The first-order valence-corrected chi connectivity index (χ1v) is 8.33. The lowest BCUT2D eigenvalue weighted by atomic mass is 10.00. The van der Waals surface area contributed by atoms with Gasteiger partial charge in [-0.2, -0.15) is 0 Å². The zero-order valence-electron chi connectivity index (χ0n) is 13.7. The molecule has 122 valence electrons. The van der Waals surface area contributed by atoms with Gasteiger partial charge in [0, 0.05) is 12.5 Å². The standard InChI is InChI=1S/C18H27NO3/c1-3-21-17(20)8-6-5-7-13-9-10-14-11-15(19)12-16(14)18(13)22-4-2/h9-10,15H,3-8,11-12,19H2,1-2H3. The van der Waals surface area contributed by atoms with E-state index in [1.807, 2.05) is 13.8 Å². The molecule has 0 fully saturated rings. The molecule has 0 saturated heterocycles. The van der Waals surface area contributed by atoms with Gasteiger partial charge in [0.05, 0.1) is 13.2 Å². The van der Waals surface area contributed by atoms with E-state index in [9.17, 15) is 4.79 Å². The van der Waals surface area contributed by atoms with Crippen LogP contribution in [0.3, 0.4) is 0 Å². The summed E-state index contributed by atoms with van der Waals surface area (Å²) >= 11 is 0. The van der Waals surface area contributed by atoms with Crippen molar-refractivity contribution in [3.8, 4) is 5.75 Å². The van der Waals surface area contributed by atoms with Crippen LogP contribution in [0.25, 0.3) is 0 Å². The van der Waals surface area contributed by atoms with Gasteiger partial charge in [0.15, 0.2) is 0 Å². The minimum atomic E-state index is -0.104. The number of hydrogen-bond acceptors (Lipinski definition) is 4. The number of hydrogen-bond donors (Lipinski definition) is 1. The molecule has 1 aliphatic carbocycles. The van der Waals surface area contributed by atoms with Crippen molar-refractivity contribution in [2.75, 3.05) is 13.2 Å². The fourth-order valence-corrected chi connectivity index (χ4v) is 3.09. The van der Waals surface area contributed by atoms with Crippen molar-refractivity contribution in [3.05, 3.63) is 28.8 Å². The highest BCUT2D eigenvalue weighted by molar-refractivity contribution is 5.69. The highest BCUT2D eigenvalue weighted by atomic mass is 16.5. The van der Waals surface area contributed by atoms with Crippen LogP contribution in [0.2, 0.25) is 0 Å². The Bertz CT molecular complexity index is 513. The molecule has 0 spiro atoms. The summed E-state index contributed by atoms with van der Waals surface area (Å²) in [6, 6.07) is 4.56. The Balaban J connectivity index is 1.96. The van der Waals surface area contributed by atoms with Gasteiger partial charge in [-0.25, -0.2) is 0 Å². The maximum absolute atomic E-state index is 11.4. The van der Waals surface area contributed by atoms with E-state index in [1.54, 1.807) is 0 Å². The summed E-state index contributed by atoms with van der Waals surface area (Å²) in [5.74, 6) is 0.927. The van der Waals surface area contributed by atoms with Gasteiger partial charge in [-0.3, -0.25) is 4.79 Å². The minimum absolute atomic E-state index is 0.104. The quantitative estimate of drug-likeness (QED) is 0.592. The van der Waals surface area contributed by atoms with E-state index in [4.69, 9.17) is 15.2 Å². The third-order valence-corrected chi connectivity index (χ3v) is 4.06. The molecule has 1 aromatic rings. The lowest BCUT2D eigenvalue weighted by Crippen LogP contribution is -2.19. The van der Waals surface area contributed by atoms with Gasteiger partial charge >= 0.3 is 5.97 Å². The monoisotopic (exact) mass is 305 g/mol. The molecule has 1 unspecified atom stereocenters. The van der Waals surface area contributed by atoms with E-state index in [0.29, 0.717) is 19.6 Å². The van der Waals surface area contributed by atoms with Gasteiger partial charge in [0.1, 0.15) is 5.75 Å². The van der Waals surface area contributed by atoms with Gasteiger partial charge in [0.2, 0.25) is 0 Å². The molecule has 1 aliphatic rings. The highest BCUT2D eigenvalue weighted by Gasteiger charge is 2.23. The molecular weight excluding hydrogens is 278 g/mol. The van der Waals surface area contributed by atoms with Crippen molar-refractivity contribution in [1.29, 1.82) is 0 Å². The van der Waals surface area contributed by atoms with Crippen LogP contribution in [0.15, 0.2) is 12.1 Å². The Kier molecular flexibility index (Phi) is 6.25. The number of carbonyl (C=O) groups is 1. The van der Waals surface area contributed by atoms with Crippen molar-refractivity contribution in [2.45, 2.75) is 58.4 Å². The topological polar surface area (TPSA) is 61.5 Å². The first kappa shape index (κ1) is 16.8. The van der Waals surface area contributed by atoms with Crippen LogP contribution < -0.4 is 10.5 Å². The Morgan fingerprint density at radius 2 is 2.05 bits per heavy atom. The molecule has 0 bridgehead atoms. The Morgan fingerprint density at radius 1 is 1.23 bits per heavy atom. The average Bonchev–Trinajstić information content (AvgIpc) is 2.86. The molecule has 22 heavy (non-hydrogen) atoms. The normalized spacial score (nSPS) is 16.4. The van der Waals surface area contributed by atoms with Gasteiger partial charge in [0.25, 0.3) is 0 Å². The summed E-state index contributed by atoms with van der Waals surface area (Å²) in [5.41, 5.74) is 9.93. The largest absolute Gasteiger partial charge is 0.493 e. The predicted octanol–water partition coefficient (Wildman–Crippen LogP) is 2.79. The number of nitrogens with two attached hydrogens (primary N) is 1.